The van der Waals surface area contributed by atoms with Crippen LogP contribution in [0.3, 0.4) is 0 Å². The smallest absolute Gasteiger partial charge is 0.228 e. The average Bonchev–Trinajstić information content (AvgIpc) is 2.31. The summed E-state index contributed by atoms with van der Waals surface area (Å²) in [5.74, 6) is 0.524. The Morgan fingerprint density at radius 2 is 2.19 bits per heavy atom. The number of carbonyl (C=O) groups excluding carboxylic acids is 1. The van der Waals surface area contributed by atoms with E-state index in [0.29, 0.717) is 5.82 Å². The van der Waals surface area contributed by atoms with E-state index in [4.69, 9.17) is 5.11 Å². The molecule has 1 rings (SSSR count). The van der Waals surface area contributed by atoms with Gasteiger partial charge >= 0.3 is 0 Å². The van der Waals surface area contributed by atoms with Gasteiger partial charge < -0.3 is 10.4 Å². The number of nitrogens with one attached hydrogen (secondary N) is 1. The van der Waals surface area contributed by atoms with Gasteiger partial charge in [0.05, 0.1) is 6.61 Å². The van der Waals surface area contributed by atoms with Crippen molar-refractivity contribution in [2.45, 2.75) is 33.3 Å². The van der Waals surface area contributed by atoms with Gasteiger partial charge in [0.2, 0.25) is 5.91 Å². The average molecular weight is 222 g/mol. The summed E-state index contributed by atoms with van der Waals surface area (Å²) >= 11 is 0. The molecule has 0 fully saturated rings. The van der Waals surface area contributed by atoms with Crippen LogP contribution in [-0.4, -0.2) is 16.0 Å². The van der Waals surface area contributed by atoms with E-state index in [0.717, 1.165) is 18.4 Å². The van der Waals surface area contributed by atoms with Gasteiger partial charge in [-0.3, -0.25) is 4.79 Å². The van der Waals surface area contributed by atoms with Gasteiger partial charge in [0.15, 0.2) is 0 Å². The van der Waals surface area contributed by atoms with E-state index in [1.165, 1.54) is 0 Å². The van der Waals surface area contributed by atoms with Crippen LogP contribution in [0.15, 0.2) is 18.3 Å². The van der Waals surface area contributed by atoms with Crippen LogP contribution >= 0.6 is 0 Å². The molecule has 1 amide bonds. The summed E-state index contributed by atoms with van der Waals surface area (Å²) in [6.07, 6.45) is 3.22. The van der Waals surface area contributed by atoms with Crippen molar-refractivity contribution >= 4 is 11.7 Å². The molecular weight excluding hydrogens is 204 g/mol. The number of pyridine rings is 1. The molecule has 0 spiro atoms. The highest BCUT2D eigenvalue weighted by molar-refractivity contribution is 5.91. The van der Waals surface area contributed by atoms with Gasteiger partial charge in [0.25, 0.3) is 0 Å². The Labute approximate surface area is 95.7 Å². The third kappa shape index (κ3) is 3.31. The fourth-order valence-electron chi connectivity index (χ4n) is 1.53. The van der Waals surface area contributed by atoms with Gasteiger partial charge in [0.1, 0.15) is 5.82 Å². The lowest BCUT2D eigenvalue weighted by Gasteiger charge is -2.12. The van der Waals surface area contributed by atoms with Crippen molar-refractivity contribution in [2.24, 2.45) is 5.92 Å². The van der Waals surface area contributed by atoms with Crippen LogP contribution in [0.4, 0.5) is 5.82 Å². The molecule has 0 radical (unpaired) electrons. The van der Waals surface area contributed by atoms with Crippen molar-refractivity contribution in [3.05, 3.63) is 23.9 Å². The second-order valence-electron chi connectivity index (χ2n) is 3.71. The summed E-state index contributed by atoms with van der Waals surface area (Å²) in [6.45, 7) is 3.94. The highest BCUT2D eigenvalue weighted by Crippen LogP contribution is 2.12. The highest BCUT2D eigenvalue weighted by atomic mass is 16.3. The van der Waals surface area contributed by atoms with Crippen molar-refractivity contribution in [3.8, 4) is 0 Å². The summed E-state index contributed by atoms with van der Waals surface area (Å²) in [5, 5.41) is 11.7. The lowest BCUT2D eigenvalue weighted by atomic mass is 10.0. The van der Waals surface area contributed by atoms with Crippen LogP contribution in [0.25, 0.3) is 0 Å². The first-order chi connectivity index (χ1) is 7.71. The number of nitrogens with zero attached hydrogens (tertiary/aromatic N) is 1. The van der Waals surface area contributed by atoms with E-state index in [2.05, 4.69) is 10.3 Å². The first kappa shape index (κ1) is 12.6. The molecule has 1 heterocycles. The lowest BCUT2D eigenvalue weighted by Crippen LogP contribution is -2.22. The monoisotopic (exact) mass is 222 g/mol. The van der Waals surface area contributed by atoms with Gasteiger partial charge in [-0.15, -0.1) is 0 Å². The maximum Gasteiger partial charge on any atom is 0.228 e. The second-order valence-corrected chi connectivity index (χ2v) is 3.71. The first-order valence-electron chi connectivity index (χ1n) is 5.57. The minimum Gasteiger partial charge on any atom is -0.392 e. The maximum atomic E-state index is 11.8. The summed E-state index contributed by atoms with van der Waals surface area (Å²) in [6, 6.07) is 3.40. The molecule has 0 saturated carbocycles. The Morgan fingerprint density at radius 1 is 1.50 bits per heavy atom. The van der Waals surface area contributed by atoms with Crippen LogP contribution in [0.2, 0.25) is 0 Å². The standard InChI is InChI=1S/C12H18N2O2/c1-3-10(4-2)12(16)14-11-7-9(8-15)5-6-13-11/h5-7,10,15H,3-4,8H2,1-2H3,(H,13,14,16). The molecule has 0 aliphatic rings. The molecule has 4 heteroatoms. The van der Waals surface area contributed by atoms with Crippen LogP contribution in [0, 0.1) is 5.92 Å². The van der Waals surface area contributed by atoms with Crippen LogP contribution in [-0.2, 0) is 11.4 Å². The van der Waals surface area contributed by atoms with Crippen LogP contribution in [0.1, 0.15) is 32.3 Å². The first-order valence-corrected chi connectivity index (χ1v) is 5.57. The normalized spacial score (nSPS) is 10.5. The van der Waals surface area contributed by atoms with Gasteiger partial charge in [-0.25, -0.2) is 4.98 Å². The number of hydrogen-bond acceptors (Lipinski definition) is 3. The predicted octanol–water partition coefficient (Wildman–Crippen LogP) is 1.95. The third-order valence-corrected chi connectivity index (χ3v) is 2.61. The molecule has 2 N–H and O–H groups in total. The van der Waals surface area contributed by atoms with E-state index in [1.54, 1.807) is 18.3 Å². The molecular formula is C12H18N2O2. The Balaban J connectivity index is 2.68. The topological polar surface area (TPSA) is 62.2 Å². The predicted molar refractivity (Wildman–Crippen MR) is 62.9 cm³/mol. The minimum absolute atomic E-state index is 0.00686. The largest absolute Gasteiger partial charge is 0.392 e. The molecule has 1 aromatic heterocycles. The minimum atomic E-state index is -0.0453. The van der Waals surface area contributed by atoms with Gasteiger partial charge in [0, 0.05) is 12.1 Å². The van der Waals surface area contributed by atoms with Crippen LogP contribution < -0.4 is 5.32 Å². The molecule has 0 saturated heterocycles. The molecule has 0 aliphatic heterocycles. The number of rotatable bonds is 5. The second kappa shape index (κ2) is 6.23. The molecule has 4 nitrogen and oxygen atoms in total. The van der Waals surface area contributed by atoms with E-state index in [1.807, 2.05) is 13.8 Å². The molecule has 0 aliphatic carbocycles. The number of carbonyl (C=O) groups is 1. The molecule has 0 unspecified atom stereocenters. The maximum absolute atomic E-state index is 11.8. The van der Waals surface area contributed by atoms with E-state index >= 15 is 0 Å². The summed E-state index contributed by atoms with van der Waals surface area (Å²) in [7, 11) is 0. The number of amides is 1. The Morgan fingerprint density at radius 3 is 2.75 bits per heavy atom. The molecule has 16 heavy (non-hydrogen) atoms. The summed E-state index contributed by atoms with van der Waals surface area (Å²) in [5.41, 5.74) is 0.745. The highest BCUT2D eigenvalue weighted by Gasteiger charge is 2.14. The molecule has 0 aromatic carbocycles. The zero-order chi connectivity index (χ0) is 12.0. The van der Waals surface area contributed by atoms with E-state index < -0.39 is 0 Å². The molecule has 0 bridgehead atoms. The summed E-state index contributed by atoms with van der Waals surface area (Å²) in [4.78, 5) is 15.8. The van der Waals surface area contributed by atoms with Crippen molar-refractivity contribution in [1.82, 2.24) is 4.98 Å². The zero-order valence-electron chi connectivity index (χ0n) is 9.73. The van der Waals surface area contributed by atoms with Crippen molar-refractivity contribution in [1.29, 1.82) is 0 Å². The number of aliphatic hydroxyl groups excluding tert-OH is 1. The van der Waals surface area contributed by atoms with Crippen LogP contribution in [0.5, 0.6) is 0 Å². The Hall–Kier alpha value is -1.42. The fraction of sp³-hybridized carbons (Fsp3) is 0.500. The molecule has 1 aromatic rings. The van der Waals surface area contributed by atoms with E-state index in [9.17, 15) is 4.79 Å². The van der Waals surface area contributed by atoms with Crippen molar-refractivity contribution < 1.29 is 9.90 Å². The number of aliphatic hydroxyl groups is 1. The summed E-state index contributed by atoms with van der Waals surface area (Å²) < 4.78 is 0. The number of anilines is 1. The Bertz CT molecular complexity index is 349. The van der Waals surface area contributed by atoms with E-state index in [-0.39, 0.29) is 18.4 Å². The molecule has 0 atom stereocenters. The van der Waals surface area contributed by atoms with Gasteiger partial charge in [-0.1, -0.05) is 13.8 Å². The van der Waals surface area contributed by atoms with Gasteiger partial charge in [-0.05, 0) is 30.5 Å². The quantitative estimate of drug-likeness (QED) is 0.800. The van der Waals surface area contributed by atoms with Crippen molar-refractivity contribution in [3.63, 3.8) is 0 Å². The van der Waals surface area contributed by atoms with Gasteiger partial charge in [-0.2, -0.15) is 0 Å². The molecule has 88 valence electrons. The SMILES string of the molecule is CCC(CC)C(=O)Nc1cc(CO)ccn1. The lowest BCUT2D eigenvalue weighted by molar-refractivity contribution is -0.120. The fourth-order valence-corrected chi connectivity index (χ4v) is 1.53. The number of hydrogen-bond donors (Lipinski definition) is 2. The zero-order valence-corrected chi connectivity index (χ0v) is 9.73. The van der Waals surface area contributed by atoms with Crippen molar-refractivity contribution in [2.75, 3.05) is 5.32 Å². The number of aromatic nitrogens is 1. The third-order valence-electron chi connectivity index (χ3n) is 2.61. The Kier molecular flexibility index (Phi) is 4.92.